The summed E-state index contributed by atoms with van der Waals surface area (Å²) in [4.78, 5) is 26.5. The highest BCUT2D eigenvalue weighted by atomic mass is 35.5. The van der Waals surface area contributed by atoms with Gasteiger partial charge in [-0.3, -0.25) is 4.79 Å². The van der Waals surface area contributed by atoms with Gasteiger partial charge in [-0.1, -0.05) is 23.2 Å². The molecule has 0 atom stereocenters. The Balaban J connectivity index is 1.66. The lowest BCUT2D eigenvalue weighted by atomic mass is 9.95. The number of ether oxygens (including phenoxy) is 1. The van der Waals surface area contributed by atoms with Crippen LogP contribution in [0.3, 0.4) is 0 Å². The molecule has 30 heavy (non-hydrogen) atoms. The number of hydrogen-bond donors (Lipinski definition) is 1. The van der Waals surface area contributed by atoms with Gasteiger partial charge in [0.15, 0.2) is 0 Å². The molecule has 2 heterocycles. The van der Waals surface area contributed by atoms with Crippen molar-refractivity contribution < 1.29 is 18.7 Å². The molecule has 0 unspecified atom stereocenters. The van der Waals surface area contributed by atoms with Crippen molar-refractivity contribution in [1.29, 1.82) is 0 Å². The summed E-state index contributed by atoms with van der Waals surface area (Å²) < 4.78 is 10.8. The minimum atomic E-state index is -0.428. The van der Waals surface area contributed by atoms with E-state index < -0.39 is 5.97 Å². The molecule has 0 bridgehead atoms. The predicted molar refractivity (Wildman–Crippen MR) is 119 cm³/mol. The number of esters is 1. The number of rotatable bonds is 4. The van der Waals surface area contributed by atoms with Gasteiger partial charge in [-0.05, 0) is 62.4 Å². The van der Waals surface area contributed by atoms with E-state index in [0.29, 0.717) is 43.3 Å². The Morgan fingerprint density at radius 2 is 1.80 bits per heavy atom. The van der Waals surface area contributed by atoms with Gasteiger partial charge < -0.3 is 14.5 Å². The van der Waals surface area contributed by atoms with E-state index in [1.54, 1.807) is 31.2 Å². The summed E-state index contributed by atoms with van der Waals surface area (Å²) in [7, 11) is 1.35. The van der Waals surface area contributed by atoms with Crippen LogP contribution in [-0.4, -0.2) is 19.0 Å². The van der Waals surface area contributed by atoms with E-state index in [2.05, 4.69) is 5.32 Å². The van der Waals surface area contributed by atoms with Gasteiger partial charge in [0.05, 0.1) is 18.2 Å². The van der Waals surface area contributed by atoms with Crippen LogP contribution in [0.25, 0.3) is 11.3 Å². The molecule has 8 heteroatoms. The minimum Gasteiger partial charge on any atom is -0.465 e. The molecular weight excluding hydrogens is 445 g/mol. The second-order valence-electron chi connectivity index (χ2n) is 7.10. The number of thiophene rings is 1. The molecule has 0 spiro atoms. The maximum absolute atomic E-state index is 13.0. The topological polar surface area (TPSA) is 68.5 Å². The summed E-state index contributed by atoms with van der Waals surface area (Å²) in [6, 6.07) is 6.72. The zero-order valence-electron chi connectivity index (χ0n) is 16.4. The first kappa shape index (κ1) is 21.0. The quantitative estimate of drug-likeness (QED) is 0.445. The first-order valence-electron chi connectivity index (χ1n) is 9.48. The number of halogens is 2. The van der Waals surface area contributed by atoms with E-state index in [0.717, 1.165) is 36.1 Å². The van der Waals surface area contributed by atoms with Crippen LogP contribution in [0, 0.1) is 6.92 Å². The second kappa shape index (κ2) is 8.46. The van der Waals surface area contributed by atoms with Gasteiger partial charge in [-0.15, -0.1) is 11.3 Å². The average molecular weight is 464 g/mol. The smallest absolute Gasteiger partial charge is 0.341 e. The number of fused-ring (bicyclic) bond motifs is 1. The molecule has 3 aromatic rings. The van der Waals surface area contributed by atoms with Crippen LogP contribution in [0.15, 0.2) is 28.7 Å². The number of nitrogens with one attached hydrogen (secondary N) is 1. The van der Waals surface area contributed by atoms with Crippen LogP contribution in [0.2, 0.25) is 10.0 Å². The van der Waals surface area contributed by atoms with Crippen molar-refractivity contribution >= 4 is 51.4 Å². The Morgan fingerprint density at radius 3 is 2.50 bits per heavy atom. The third kappa shape index (κ3) is 4.00. The number of furan rings is 1. The van der Waals surface area contributed by atoms with Crippen molar-refractivity contribution in [3.63, 3.8) is 0 Å². The van der Waals surface area contributed by atoms with Gasteiger partial charge >= 0.3 is 5.97 Å². The Morgan fingerprint density at radius 1 is 1.10 bits per heavy atom. The van der Waals surface area contributed by atoms with Crippen LogP contribution in [0.5, 0.6) is 0 Å². The highest BCUT2D eigenvalue weighted by Crippen LogP contribution is 2.39. The maximum atomic E-state index is 13.0. The summed E-state index contributed by atoms with van der Waals surface area (Å²) in [6.45, 7) is 1.71. The van der Waals surface area contributed by atoms with Crippen molar-refractivity contribution in [3.8, 4) is 11.3 Å². The second-order valence-corrected chi connectivity index (χ2v) is 9.08. The summed E-state index contributed by atoms with van der Waals surface area (Å²) in [6.07, 6.45) is 3.82. The maximum Gasteiger partial charge on any atom is 0.341 e. The Kier molecular flexibility index (Phi) is 5.91. The number of hydrogen-bond acceptors (Lipinski definition) is 5. The molecule has 1 aromatic carbocycles. The van der Waals surface area contributed by atoms with Crippen LogP contribution < -0.4 is 5.32 Å². The standard InChI is InChI=1S/C22H19Cl2NO4S/c1-11-16(10-17(29-11)12-7-13(23)9-14(24)8-12)20(26)25-21-19(22(27)28-2)15-5-3-4-6-18(15)30-21/h7-10H,3-6H2,1-2H3,(H,25,26). The molecular formula is C22H19Cl2NO4S. The number of carbonyl (C=O) groups is 2. The monoisotopic (exact) mass is 463 g/mol. The molecule has 0 radical (unpaired) electrons. The van der Waals surface area contributed by atoms with Crippen molar-refractivity contribution in [2.24, 2.45) is 0 Å². The summed E-state index contributed by atoms with van der Waals surface area (Å²) in [5, 5.41) is 4.37. The zero-order chi connectivity index (χ0) is 21.4. The fraction of sp³-hybridized carbons (Fsp3) is 0.273. The number of anilines is 1. The van der Waals surface area contributed by atoms with Crippen LogP contribution in [-0.2, 0) is 17.6 Å². The summed E-state index contributed by atoms with van der Waals surface area (Å²) >= 11 is 13.6. The van der Waals surface area contributed by atoms with Crippen molar-refractivity contribution in [1.82, 2.24) is 0 Å². The molecule has 2 aromatic heterocycles. The Bertz CT molecular complexity index is 1130. The zero-order valence-corrected chi connectivity index (χ0v) is 18.8. The minimum absolute atomic E-state index is 0.348. The molecule has 156 valence electrons. The molecule has 1 aliphatic carbocycles. The molecule has 5 nitrogen and oxygen atoms in total. The van der Waals surface area contributed by atoms with E-state index in [-0.39, 0.29) is 5.91 Å². The van der Waals surface area contributed by atoms with Gasteiger partial charge in [0.25, 0.3) is 5.91 Å². The van der Waals surface area contributed by atoms with Crippen molar-refractivity contribution in [2.45, 2.75) is 32.6 Å². The van der Waals surface area contributed by atoms with Gasteiger partial charge in [0.2, 0.25) is 0 Å². The summed E-state index contributed by atoms with van der Waals surface area (Å²) in [5.74, 6) is 0.169. The predicted octanol–water partition coefficient (Wildman–Crippen LogP) is 6.54. The van der Waals surface area contributed by atoms with Crippen LogP contribution in [0.4, 0.5) is 5.00 Å². The van der Waals surface area contributed by atoms with E-state index >= 15 is 0 Å². The van der Waals surface area contributed by atoms with Gasteiger partial charge in [0, 0.05) is 20.5 Å². The molecule has 1 N–H and O–H groups in total. The molecule has 0 saturated heterocycles. The Labute approximate surface area is 187 Å². The largest absolute Gasteiger partial charge is 0.465 e. The number of benzene rings is 1. The lowest BCUT2D eigenvalue weighted by Crippen LogP contribution is -2.15. The third-order valence-corrected chi connectivity index (χ3v) is 6.74. The fourth-order valence-corrected chi connectivity index (χ4v) is 5.49. The molecule has 1 aliphatic rings. The molecule has 0 saturated carbocycles. The number of amides is 1. The average Bonchev–Trinajstić information content (AvgIpc) is 3.27. The molecule has 0 fully saturated rings. The van der Waals surface area contributed by atoms with E-state index in [1.165, 1.54) is 18.4 Å². The molecule has 4 rings (SSSR count). The van der Waals surface area contributed by atoms with Crippen LogP contribution in [0.1, 0.15) is 49.8 Å². The fourth-order valence-electron chi connectivity index (χ4n) is 3.69. The number of methoxy groups -OCH3 is 1. The van der Waals surface area contributed by atoms with E-state index in [1.807, 2.05) is 0 Å². The van der Waals surface area contributed by atoms with E-state index in [4.69, 9.17) is 32.4 Å². The summed E-state index contributed by atoms with van der Waals surface area (Å²) in [5.41, 5.74) is 2.51. The lowest BCUT2D eigenvalue weighted by molar-refractivity contribution is 0.0601. The molecule has 1 amide bonds. The molecule has 0 aliphatic heterocycles. The van der Waals surface area contributed by atoms with Gasteiger partial charge in [-0.2, -0.15) is 0 Å². The van der Waals surface area contributed by atoms with E-state index in [9.17, 15) is 9.59 Å². The highest BCUT2D eigenvalue weighted by Gasteiger charge is 2.28. The van der Waals surface area contributed by atoms with Gasteiger partial charge in [-0.25, -0.2) is 4.79 Å². The first-order chi connectivity index (χ1) is 14.4. The van der Waals surface area contributed by atoms with Crippen molar-refractivity contribution in [2.75, 3.05) is 12.4 Å². The number of carbonyl (C=O) groups excluding carboxylic acids is 2. The first-order valence-corrected chi connectivity index (χ1v) is 11.1. The SMILES string of the molecule is COC(=O)c1c(NC(=O)c2cc(-c3cc(Cl)cc(Cl)c3)oc2C)sc2c1CCCC2. The van der Waals surface area contributed by atoms with Crippen LogP contribution >= 0.6 is 34.5 Å². The normalized spacial score (nSPS) is 13.1. The van der Waals surface area contributed by atoms with Gasteiger partial charge in [0.1, 0.15) is 16.5 Å². The van der Waals surface area contributed by atoms with Crippen molar-refractivity contribution in [3.05, 3.63) is 61.6 Å². The number of aryl methyl sites for hydroxylation is 2. The Hall–Kier alpha value is -2.28. The lowest BCUT2D eigenvalue weighted by Gasteiger charge is -2.11. The highest BCUT2D eigenvalue weighted by molar-refractivity contribution is 7.17. The third-order valence-electron chi connectivity index (χ3n) is 5.10.